The van der Waals surface area contributed by atoms with E-state index in [4.69, 9.17) is 5.11 Å². The van der Waals surface area contributed by atoms with Crippen molar-refractivity contribution in [2.45, 2.75) is 13.8 Å². The van der Waals surface area contributed by atoms with Crippen molar-refractivity contribution in [2.75, 3.05) is 5.32 Å². The molecule has 0 fully saturated rings. The molecule has 2 N–H and O–H groups in total. The zero-order chi connectivity index (χ0) is 13.0. The average molecular weight is 237 g/mol. The third-order valence-electron chi connectivity index (χ3n) is 2.33. The summed E-state index contributed by atoms with van der Waals surface area (Å²) in [4.78, 5) is 22.3. The lowest BCUT2D eigenvalue weighted by atomic mass is 10.1. The van der Waals surface area contributed by atoms with Crippen molar-refractivity contribution in [3.63, 3.8) is 0 Å². The van der Waals surface area contributed by atoms with Crippen molar-refractivity contribution in [3.8, 4) is 0 Å². The van der Waals surface area contributed by atoms with Gasteiger partial charge in [-0.2, -0.15) is 0 Å². The maximum absolute atomic E-state index is 12.6. The molecule has 1 aromatic rings. The average Bonchev–Trinajstić information content (AvgIpc) is 2.30. The van der Waals surface area contributed by atoms with Gasteiger partial charge in [0.15, 0.2) is 0 Å². The van der Waals surface area contributed by atoms with Crippen LogP contribution in [0.15, 0.2) is 35.4 Å². The van der Waals surface area contributed by atoms with Gasteiger partial charge in [0.25, 0.3) is 5.91 Å². The molecule has 1 rings (SSSR count). The number of aliphatic carboxylic acids is 1. The smallest absolute Gasteiger partial charge is 0.331 e. The summed E-state index contributed by atoms with van der Waals surface area (Å²) >= 11 is 0. The van der Waals surface area contributed by atoms with Crippen molar-refractivity contribution in [2.24, 2.45) is 0 Å². The van der Waals surface area contributed by atoms with Crippen molar-refractivity contribution in [1.82, 2.24) is 0 Å². The molecule has 5 heteroatoms. The minimum absolute atomic E-state index is 0.0235. The Balaban J connectivity index is 2.83. The summed E-state index contributed by atoms with van der Waals surface area (Å²) in [5, 5.41) is 11.2. The summed E-state index contributed by atoms with van der Waals surface area (Å²) in [6.45, 7) is 2.77. The van der Waals surface area contributed by atoms with E-state index in [9.17, 15) is 14.0 Å². The van der Waals surface area contributed by atoms with Crippen LogP contribution in [0.2, 0.25) is 0 Å². The van der Waals surface area contributed by atoms with E-state index in [1.165, 1.54) is 38.1 Å². The molecular weight excluding hydrogens is 225 g/mol. The predicted octanol–water partition coefficient (Wildman–Crippen LogP) is 2.19. The van der Waals surface area contributed by atoms with Gasteiger partial charge in [0.1, 0.15) is 5.82 Å². The Morgan fingerprint density at radius 2 is 1.65 bits per heavy atom. The molecule has 4 nitrogen and oxygen atoms in total. The molecular formula is C12H12FNO3. The molecule has 0 bridgehead atoms. The van der Waals surface area contributed by atoms with Gasteiger partial charge in [-0.1, -0.05) is 0 Å². The van der Waals surface area contributed by atoms with E-state index in [0.29, 0.717) is 5.69 Å². The van der Waals surface area contributed by atoms with E-state index >= 15 is 0 Å². The number of hydrogen-bond donors (Lipinski definition) is 2. The van der Waals surface area contributed by atoms with Crippen LogP contribution in [0.5, 0.6) is 0 Å². The lowest BCUT2D eigenvalue weighted by Crippen LogP contribution is -2.16. The Labute approximate surface area is 97.8 Å². The first-order valence-corrected chi connectivity index (χ1v) is 4.89. The van der Waals surface area contributed by atoms with Gasteiger partial charge in [-0.3, -0.25) is 4.79 Å². The molecule has 0 heterocycles. The third-order valence-corrected chi connectivity index (χ3v) is 2.33. The molecule has 1 aromatic carbocycles. The van der Waals surface area contributed by atoms with Gasteiger partial charge in [-0.05, 0) is 38.1 Å². The summed E-state index contributed by atoms with van der Waals surface area (Å²) in [5.41, 5.74) is 0.500. The molecule has 0 saturated carbocycles. The van der Waals surface area contributed by atoms with E-state index in [-0.39, 0.29) is 11.1 Å². The summed E-state index contributed by atoms with van der Waals surface area (Å²) in [6.07, 6.45) is 0. The number of carboxylic acids is 1. The maximum atomic E-state index is 12.6. The van der Waals surface area contributed by atoms with Crippen LogP contribution < -0.4 is 5.32 Å². The molecule has 0 aromatic heterocycles. The molecule has 0 aliphatic rings. The van der Waals surface area contributed by atoms with E-state index in [1.54, 1.807) is 0 Å². The number of anilines is 1. The van der Waals surface area contributed by atoms with Crippen LogP contribution in [-0.4, -0.2) is 17.0 Å². The highest BCUT2D eigenvalue weighted by atomic mass is 19.1. The van der Waals surface area contributed by atoms with Crippen molar-refractivity contribution >= 4 is 17.6 Å². The molecule has 17 heavy (non-hydrogen) atoms. The van der Waals surface area contributed by atoms with Gasteiger partial charge in [-0.15, -0.1) is 0 Å². The molecule has 0 unspecified atom stereocenters. The number of carboxylic acid groups (broad SMARTS) is 1. The highest BCUT2D eigenvalue weighted by Gasteiger charge is 2.12. The molecule has 1 amide bonds. The van der Waals surface area contributed by atoms with Crippen LogP contribution in [0, 0.1) is 5.82 Å². The first-order valence-electron chi connectivity index (χ1n) is 4.89. The topological polar surface area (TPSA) is 66.4 Å². The minimum Gasteiger partial charge on any atom is -0.478 e. The first-order chi connectivity index (χ1) is 7.91. The Kier molecular flexibility index (Phi) is 3.98. The van der Waals surface area contributed by atoms with Crippen molar-refractivity contribution < 1.29 is 19.1 Å². The van der Waals surface area contributed by atoms with Gasteiger partial charge >= 0.3 is 5.97 Å². The van der Waals surface area contributed by atoms with Crippen LogP contribution in [0.3, 0.4) is 0 Å². The Hall–Kier alpha value is -2.17. The lowest BCUT2D eigenvalue weighted by Gasteiger charge is -2.06. The van der Waals surface area contributed by atoms with Crippen LogP contribution in [0.4, 0.5) is 10.1 Å². The first kappa shape index (κ1) is 12.9. The van der Waals surface area contributed by atoms with Crippen LogP contribution in [0.25, 0.3) is 0 Å². The van der Waals surface area contributed by atoms with Crippen molar-refractivity contribution in [3.05, 3.63) is 41.2 Å². The molecule has 0 saturated heterocycles. The normalized spacial score (nSPS) is 11.7. The largest absolute Gasteiger partial charge is 0.478 e. The standard InChI is InChI=1S/C12H12FNO3/c1-7(8(2)12(16)17)11(15)14-10-5-3-9(13)4-6-10/h3-6H,1-2H3,(H,14,15)(H,16,17)/b8-7-. The minimum atomic E-state index is -1.14. The molecule has 0 aliphatic heterocycles. The van der Waals surface area contributed by atoms with Gasteiger partial charge in [0.2, 0.25) is 0 Å². The Bertz CT molecular complexity index is 477. The van der Waals surface area contributed by atoms with Crippen LogP contribution in [-0.2, 0) is 9.59 Å². The van der Waals surface area contributed by atoms with E-state index in [0.717, 1.165) is 0 Å². The fourth-order valence-electron chi connectivity index (χ4n) is 1.09. The highest BCUT2D eigenvalue weighted by Crippen LogP contribution is 2.11. The summed E-state index contributed by atoms with van der Waals surface area (Å²) < 4.78 is 12.6. The number of amides is 1. The maximum Gasteiger partial charge on any atom is 0.331 e. The fraction of sp³-hybridized carbons (Fsp3) is 0.167. The van der Waals surface area contributed by atoms with Crippen LogP contribution in [0.1, 0.15) is 13.8 Å². The van der Waals surface area contributed by atoms with Gasteiger partial charge in [-0.25, -0.2) is 9.18 Å². The summed E-state index contributed by atoms with van der Waals surface area (Å²) in [5.74, 6) is -2.06. The lowest BCUT2D eigenvalue weighted by molar-refractivity contribution is -0.133. The number of rotatable bonds is 3. The highest BCUT2D eigenvalue weighted by molar-refractivity contribution is 6.08. The van der Waals surface area contributed by atoms with E-state index < -0.39 is 17.7 Å². The summed E-state index contributed by atoms with van der Waals surface area (Å²) in [7, 11) is 0. The molecule has 90 valence electrons. The second-order valence-electron chi connectivity index (χ2n) is 3.52. The van der Waals surface area contributed by atoms with Crippen molar-refractivity contribution in [1.29, 1.82) is 0 Å². The summed E-state index contributed by atoms with van der Waals surface area (Å²) in [6, 6.07) is 5.21. The molecule has 0 aliphatic carbocycles. The zero-order valence-electron chi connectivity index (χ0n) is 9.45. The number of carbonyl (C=O) groups is 2. The quantitative estimate of drug-likeness (QED) is 0.792. The fourth-order valence-corrected chi connectivity index (χ4v) is 1.09. The van der Waals surface area contributed by atoms with Gasteiger partial charge in [0, 0.05) is 16.8 Å². The van der Waals surface area contributed by atoms with E-state index in [2.05, 4.69) is 5.32 Å². The zero-order valence-corrected chi connectivity index (χ0v) is 9.45. The molecule has 0 spiro atoms. The predicted molar refractivity (Wildman–Crippen MR) is 61.0 cm³/mol. The number of halogens is 1. The van der Waals surface area contributed by atoms with Gasteiger partial charge in [0.05, 0.1) is 0 Å². The SMILES string of the molecule is C/C(C(=O)O)=C(\C)C(=O)Nc1ccc(F)cc1. The van der Waals surface area contributed by atoms with Gasteiger partial charge < -0.3 is 10.4 Å². The Morgan fingerprint density at radius 1 is 1.12 bits per heavy atom. The number of carbonyl (C=O) groups excluding carboxylic acids is 1. The number of hydrogen-bond acceptors (Lipinski definition) is 2. The monoisotopic (exact) mass is 237 g/mol. The molecule has 0 atom stereocenters. The third kappa shape index (κ3) is 3.41. The second-order valence-corrected chi connectivity index (χ2v) is 3.52. The Morgan fingerprint density at radius 3 is 2.12 bits per heavy atom. The number of nitrogens with one attached hydrogen (secondary N) is 1. The second kappa shape index (κ2) is 5.25. The molecule has 0 radical (unpaired) electrons. The van der Waals surface area contributed by atoms with Crippen LogP contribution >= 0.6 is 0 Å². The number of benzene rings is 1. The van der Waals surface area contributed by atoms with E-state index in [1.807, 2.05) is 0 Å².